The van der Waals surface area contributed by atoms with Crippen molar-refractivity contribution >= 4 is 35.0 Å². The number of nitrogens with one attached hydrogen (secondary N) is 1. The van der Waals surface area contributed by atoms with Gasteiger partial charge in [0.05, 0.1) is 28.3 Å². The molecule has 0 saturated carbocycles. The summed E-state index contributed by atoms with van der Waals surface area (Å²) in [6.45, 7) is 1.45. The van der Waals surface area contributed by atoms with Crippen molar-refractivity contribution in [3.63, 3.8) is 0 Å². The fourth-order valence-corrected chi connectivity index (χ4v) is 5.83. The molecule has 240 valence electrons. The normalized spacial score (nSPS) is 14.0. The first kappa shape index (κ1) is 32.7. The smallest absolute Gasteiger partial charge is 0.293 e. The van der Waals surface area contributed by atoms with Crippen molar-refractivity contribution in [2.75, 3.05) is 20.2 Å². The summed E-state index contributed by atoms with van der Waals surface area (Å²) in [5, 5.41) is 9.82. The first-order valence-corrected chi connectivity index (χ1v) is 14.8. The molecule has 2 aromatic heterocycles. The number of carbonyl (C=O) groups is 2. The molecular formula is C32H28Cl2F2N4O6. The zero-order chi connectivity index (χ0) is 33.3. The Morgan fingerprint density at radius 3 is 1.89 bits per heavy atom. The van der Waals surface area contributed by atoms with Crippen LogP contribution >= 0.6 is 23.2 Å². The number of hydrogen-bond acceptors (Lipinski definition) is 6. The largest absolute Gasteiger partial charge is 0.502 e. The Morgan fingerprint density at radius 2 is 1.37 bits per heavy atom. The van der Waals surface area contributed by atoms with Gasteiger partial charge in [0, 0.05) is 45.6 Å². The van der Waals surface area contributed by atoms with E-state index in [1.807, 2.05) is 0 Å². The molecule has 0 bridgehead atoms. The van der Waals surface area contributed by atoms with Crippen molar-refractivity contribution in [2.45, 2.75) is 25.9 Å². The molecule has 0 saturated heterocycles. The molecule has 0 fully saturated rings. The highest BCUT2D eigenvalue weighted by atomic mass is 35.5. The summed E-state index contributed by atoms with van der Waals surface area (Å²) in [5.74, 6) is -2.23. The average molecular weight is 674 g/mol. The molecule has 46 heavy (non-hydrogen) atoms. The van der Waals surface area contributed by atoms with Gasteiger partial charge in [-0.1, -0.05) is 35.3 Å². The van der Waals surface area contributed by atoms with E-state index in [0.717, 1.165) is 11.1 Å². The third kappa shape index (κ3) is 6.49. The molecule has 2 amide bonds. The van der Waals surface area contributed by atoms with Crippen molar-refractivity contribution in [1.29, 1.82) is 0 Å². The summed E-state index contributed by atoms with van der Waals surface area (Å²) in [6, 6.07) is 8.60. The molecule has 2 aliphatic rings. The maximum atomic E-state index is 13.3. The summed E-state index contributed by atoms with van der Waals surface area (Å²) in [6.07, 6.45) is 4.24. The number of ether oxygens (including phenoxy) is 1. The number of pyridine rings is 2. The third-order valence-electron chi connectivity index (χ3n) is 7.79. The number of methoxy groups -OCH3 is 1. The average Bonchev–Trinajstić information content (AvgIpc) is 3.02. The van der Waals surface area contributed by atoms with Gasteiger partial charge < -0.3 is 29.2 Å². The number of aryl methyl sites for hydroxylation is 1. The number of rotatable bonds is 5. The molecule has 0 atom stereocenters. The van der Waals surface area contributed by atoms with Crippen LogP contribution in [0.25, 0.3) is 0 Å². The van der Waals surface area contributed by atoms with E-state index < -0.39 is 28.9 Å². The zero-order valence-electron chi connectivity index (χ0n) is 24.7. The minimum atomic E-state index is -0.696. The van der Waals surface area contributed by atoms with Gasteiger partial charge in [0.1, 0.15) is 11.6 Å². The van der Waals surface area contributed by atoms with Crippen LogP contribution in [0.5, 0.6) is 11.5 Å². The predicted octanol–water partition coefficient (Wildman–Crippen LogP) is 4.46. The van der Waals surface area contributed by atoms with Gasteiger partial charge >= 0.3 is 0 Å². The summed E-state index contributed by atoms with van der Waals surface area (Å²) in [5.41, 5.74) is 2.08. The zero-order valence-corrected chi connectivity index (χ0v) is 26.2. The van der Waals surface area contributed by atoms with Crippen LogP contribution in [0.15, 0.2) is 58.4 Å². The standard InChI is InChI=1S/C17H16ClFN2O3.C15H12ClFN2O3/c1-20-9-11-5-6-21(8-10-3-4-13(19)12(18)7-10)16(22)14(11)15(24-2)17(20)23;16-10-5-8(1-2-11(10)17)7-19-4-3-9-6-18-14(21)13(20)12(9)15(19)22/h3-4,7,9H,5-6,8H2,1-2H3;1-2,5-6,20H,3-4,7H2,(H,18,21). The van der Waals surface area contributed by atoms with Crippen molar-refractivity contribution in [3.05, 3.63) is 125 Å². The molecular weight excluding hydrogens is 645 g/mol. The van der Waals surface area contributed by atoms with Crippen LogP contribution < -0.4 is 15.9 Å². The van der Waals surface area contributed by atoms with Gasteiger partial charge in [-0.2, -0.15) is 0 Å². The van der Waals surface area contributed by atoms with E-state index in [1.165, 1.54) is 47.0 Å². The van der Waals surface area contributed by atoms with E-state index in [2.05, 4.69) is 4.98 Å². The maximum absolute atomic E-state index is 13.3. The molecule has 4 aromatic rings. The molecule has 0 unspecified atom stereocenters. The molecule has 6 rings (SSSR count). The van der Waals surface area contributed by atoms with Crippen LogP contribution in [0, 0.1) is 11.6 Å². The SMILES string of the molecule is COc1c2c(cn(C)c1=O)CCN(Cc1ccc(F)c(Cl)c1)C2=O.O=C1c2c(c[nH]c(=O)c2O)CCN1Cc1ccc(F)c(Cl)c1. The highest BCUT2D eigenvalue weighted by Gasteiger charge is 2.31. The lowest BCUT2D eigenvalue weighted by Gasteiger charge is -2.29. The molecule has 4 heterocycles. The first-order valence-electron chi connectivity index (χ1n) is 14.1. The number of H-pyrrole nitrogens is 1. The van der Waals surface area contributed by atoms with Gasteiger partial charge in [0.2, 0.25) is 0 Å². The Bertz CT molecular complexity index is 1980. The quantitative estimate of drug-likeness (QED) is 0.323. The minimum Gasteiger partial charge on any atom is -0.502 e. The maximum Gasteiger partial charge on any atom is 0.293 e. The first-order chi connectivity index (χ1) is 21.9. The third-order valence-corrected chi connectivity index (χ3v) is 8.37. The number of aromatic nitrogens is 2. The lowest BCUT2D eigenvalue weighted by atomic mass is 9.99. The topological polar surface area (TPSA) is 125 Å². The highest BCUT2D eigenvalue weighted by molar-refractivity contribution is 6.31. The van der Waals surface area contributed by atoms with E-state index in [0.29, 0.717) is 42.6 Å². The van der Waals surface area contributed by atoms with Gasteiger partial charge in [-0.05, 0) is 59.4 Å². The molecule has 2 N–H and O–H groups in total. The number of benzene rings is 2. The van der Waals surface area contributed by atoms with Gasteiger partial charge in [-0.3, -0.25) is 19.2 Å². The van der Waals surface area contributed by atoms with Crippen LogP contribution in [0.1, 0.15) is 43.0 Å². The van der Waals surface area contributed by atoms with E-state index in [-0.39, 0.29) is 45.9 Å². The molecule has 2 aromatic carbocycles. The number of amides is 2. The Labute approximate surface area is 271 Å². The van der Waals surface area contributed by atoms with Gasteiger partial charge in [0.15, 0.2) is 11.5 Å². The van der Waals surface area contributed by atoms with E-state index >= 15 is 0 Å². The van der Waals surface area contributed by atoms with E-state index in [9.17, 15) is 33.1 Å². The molecule has 0 radical (unpaired) electrons. The highest BCUT2D eigenvalue weighted by Crippen LogP contribution is 2.28. The van der Waals surface area contributed by atoms with Crippen molar-refractivity contribution in [2.24, 2.45) is 7.05 Å². The number of aromatic hydroxyl groups is 1. The summed E-state index contributed by atoms with van der Waals surface area (Å²) in [7, 11) is 3.01. The molecule has 2 aliphatic heterocycles. The number of halogens is 4. The Morgan fingerprint density at radius 1 is 0.848 bits per heavy atom. The lowest BCUT2D eigenvalue weighted by Crippen LogP contribution is -2.39. The number of aromatic amines is 1. The number of nitrogens with zero attached hydrogens (tertiary/aromatic N) is 3. The molecule has 0 spiro atoms. The van der Waals surface area contributed by atoms with Crippen LogP contribution in [-0.4, -0.2) is 56.5 Å². The second kappa shape index (κ2) is 13.4. The van der Waals surface area contributed by atoms with Crippen LogP contribution in [0.3, 0.4) is 0 Å². The molecule has 10 nitrogen and oxygen atoms in total. The Hall–Kier alpha value is -4.68. The van der Waals surface area contributed by atoms with E-state index in [1.54, 1.807) is 30.3 Å². The molecule has 14 heteroatoms. The van der Waals surface area contributed by atoms with Crippen molar-refractivity contribution in [3.8, 4) is 11.5 Å². The summed E-state index contributed by atoms with van der Waals surface area (Å²) in [4.78, 5) is 54.4. The monoisotopic (exact) mass is 672 g/mol. The second-order valence-corrected chi connectivity index (χ2v) is 11.6. The second-order valence-electron chi connectivity index (χ2n) is 10.8. The number of carbonyl (C=O) groups excluding carboxylic acids is 2. The fraction of sp³-hybridized carbons (Fsp3) is 0.250. The fourth-order valence-electron chi connectivity index (χ4n) is 5.43. The van der Waals surface area contributed by atoms with Gasteiger partial charge in [0.25, 0.3) is 22.9 Å². The van der Waals surface area contributed by atoms with Crippen molar-refractivity contribution in [1.82, 2.24) is 19.4 Å². The predicted molar refractivity (Wildman–Crippen MR) is 167 cm³/mol. The van der Waals surface area contributed by atoms with Crippen LogP contribution in [0.4, 0.5) is 8.78 Å². The van der Waals surface area contributed by atoms with E-state index in [4.69, 9.17) is 27.9 Å². The summed E-state index contributed by atoms with van der Waals surface area (Å²) >= 11 is 11.5. The summed E-state index contributed by atoms with van der Waals surface area (Å²) < 4.78 is 33.0. The number of fused-ring (bicyclic) bond motifs is 2. The van der Waals surface area contributed by atoms with Crippen LogP contribution in [-0.2, 0) is 33.0 Å². The van der Waals surface area contributed by atoms with Crippen molar-refractivity contribution < 1.29 is 28.2 Å². The number of hydrogen-bond donors (Lipinski definition) is 2. The Kier molecular flexibility index (Phi) is 9.50. The van der Waals surface area contributed by atoms with Gasteiger partial charge in [-0.25, -0.2) is 8.78 Å². The Balaban J connectivity index is 0.000000182. The lowest BCUT2D eigenvalue weighted by molar-refractivity contribution is 0.0714. The minimum absolute atomic E-state index is 0.0124. The van der Waals surface area contributed by atoms with Crippen LogP contribution in [0.2, 0.25) is 10.0 Å². The van der Waals surface area contributed by atoms with Gasteiger partial charge in [-0.15, -0.1) is 0 Å². The molecule has 0 aliphatic carbocycles.